The first-order chi connectivity index (χ1) is 11.2. The maximum absolute atomic E-state index is 5.56. The van der Waals surface area contributed by atoms with Gasteiger partial charge in [0.25, 0.3) is 0 Å². The lowest BCUT2D eigenvalue weighted by Crippen LogP contribution is -2.32. The molecule has 3 rings (SSSR count). The third-order valence-corrected chi connectivity index (χ3v) is 4.73. The Morgan fingerprint density at radius 3 is 2.48 bits per heavy atom. The first-order valence-electron chi connectivity index (χ1n) is 7.92. The number of aryl methyl sites for hydroxylation is 1. The van der Waals surface area contributed by atoms with Crippen molar-refractivity contribution in [3.8, 4) is 5.75 Å². The minimum atomic E-state index is 0.561. The summed E-state index contributed by atoms with van der Waals surface area (Å²) in [5.41, 5.74) is 3.71. The van der Waals surface area contributed by atoms with Gasteiger partial charge in [-0.05, 0) is 55.4 Å². The summed E-state index contributed by atoms with van der Waals surface area (Å²) in [5, 5.41) is 4.11. The molecule has 1 aliphatic heterocycles. The molecule has 120 valence electrons. The van der Waals surface area contributed by atoms with Gasteiger partial charge in [0.15, 0.2) is 5.11 Å². The number of thiocarbonyl (C=S) groups is 1. The van der Waals surface area contributed by atoms with Crippen LogP contribution in [0.3, 0.4) is 0 Å². The third-order valence-electron chi connectivity index (χ3n) is 4.37. The van der Waals surface area contributed by atoms with Gasteiger partial charge < -0.3 is 15.0 Å². The van der Waals surface area contributed by atoms with E-state index in [0.29, 0.717) is 5.92 Å². The highest BCUT2D eigenvalue weighted by atomic mass is 32.1. The molecule has 0 saturated carbocycles. The van der Waals surface area contributed by atoms with Crippen LogP contribution in [-0.2, 0) is 0 Å². The highest BCUT2D eigenvalue weighted by molar-refractivity contribution is 7.80. The summed E-state index contributed by atoms with van der Waals surface area (Å²) in [6.45, 7) is 4.10. The molecular formula is C19H22N2OS. The number of methoxy groups -OCH3 is 1. The van der Waals surface area contributed by atoms with Crippen molar-refractivity contribution in [1.29, 1.82) is 0 Å². The predicted molar refractivity (Wildman–Crippen MR) is 99.3 cm³/mol. The molecule has 0 unspecified atom stereocenters. The molecule has 23 heavy (non-hydrogen) atoms. The molecule has 1 aliphatic rings. The topological polar surface area (TPSA) is 24.5 Å². The monoisotopic (exact) mass is 326 g/mol. The van der Waals surface area contributed by atoms with Crippen LogP contribution in [0.15, 0.2) is 48.5 Å². The number of rotatable bonds is 3. The fourth-order valence-electron chi connectivity index (χ4n) is 2.93. The van der Waals surface area contributed by atoms with E-state index in [9.17, 15) is 0 Å². The number of ether oxygens (including phenoxy) is 1. The van der Waals surface area contributed by atoms with Gasteiger partial charge in [-0.1, -0.05) is 29.8 Å². The normalized spacial score (nSPS) is 17.1. The van der Waals surface area contributed by atoms with Gasteiger partial charge in [-0.3, -0.25) is 0 Å². The van der Waals surface area contributed by atoms with Crippen molar-refractivity contribution in [2.24, 2.45) is 0 Å². The Kier molecular flexibility index (Phi) is 4.82. The van der Waals surface area contributed by atoms with Crippen LogP contribution in [0.5, 0.6) is 5.75 Å². The zero-order chi connectivity index (χ0) is 16.2. The second-order valence-corrected chi connectivity index (χ2v) is 6.39. The highest BCUT2D eigenvalue weighted by Crippen LogP contribution is 2.28. The molecule has 0 aromatic heterocycles. The number of hydrogen-bond donors (Lipinski definition) is 1. The average molecular weight is 326 g/mol. The molecule has 1 atom stereocenters. The maximum Gasteiger partial charge on any atom is 0.173 e. The van der Waals surface area contributed by atoms with Crippen LogP contribution in [0.1, 0.15) is 23.5 Å². The van der Waals surface area contributed by atoms with Crippen LogP contribution in [0.2, 0.25) is 0 Å². The average Bonchev–Trinajstić information content (AvgIpc) is 3.06. The highest BCUT2D eigenvalue weighted by Gasteiger charge is 2.25. The van der Waals surface area contributed by atoms with Gasteiger partial charge in [0, 0.05) is 24.7 Å². The van der Waals surface area contributed by atoms with E-state index in [-0.39, 0.29) is 0 Å². The van der Waals surface area contributed by atoms with E-state index in [0.717, 1.165) is 36.1 Å². The predicted octanol–water partition coefficient (Wildman–Crippen LogP) is 4.19. The van der Waals surface area contributed by atoms with Crippen LogP contribution in [0.25, 0.3) is 0 Å². The van der Waals surface area contributed by atoms with Gasteiger partial charge in [-0.2, -0.15) is 0 Å². The molecule has 0 bridgehead atoms. The van der Waals surface area contributed by atoms with Crippen molar-refractivity contribution in [1.82, 2.24) is 4.90 Å². The second kappa shape index (κ2) is 7.01. The van der Waals surface area contributed by atoms with Gasteiger partial charge in [0.1, 0.15) is 5.75 Å². The van der Waals surface area contributed by atoms with Crippen LogP contribution >= 0.6 is 12.2 Å². The van der Waals surface area contributed by atoms with E-state index in [1.54, 1.807) is 7.11 Å². The van der Waals surface area contributed by atoms with Crippen molar-refractivity contribution in [2.45, 2.75) is 19.3 Å². The SMILES string of the molecule is COc1ccc(NC(=S)N2CC[C@H](c3ccc(C)cc3)C2)cc1. The van der Waals surface area contributed by atoms with E-state index < -0.39 is 0 Å². The van der Waals surface area contributed by atoms with E-state index in [1.165, 1.54) is 11.1 Å². The van der Waals surface area contributed by atoms with Crippen LogP contribution in [-0.4, -0.2) is 30.2 Å². The second-order valence-electron chi connectivity index (χ2n) is 6.00. The zero-order valence-corrected chi connectivity index (χ0v) is 14.4. The Balaban J connectivity index is 1.59. The van der Waals surface area contributed by atoms with E-state index in [4.69, 9.17) is 17.0 Å². The smallest absolute Gasteiger partial charge is 0.173 e. The number of hydrogen-bond acceptors (Lipinski definition) is 2. The third kappa shape index (κ3) is 3.82. The van der Waals surface area contributed by atoms with Crippen molar-refractivity contribution in [3.63, 3.8) is 0 Å². The molecule has 0 aliphatic carbocycles. The number of anilines is 1. The fourth-order valence-corrected chi connectivity index (χ4v) is 3.22. The molecule has 1 N–H and O–H groups in total. The number of nitrogens with zero attached hydrogens (tertiary/aromatic N) is 1. The number of nitrogens with one attached hydrogen (secondary N) is 1. The number of likely N-dealkylation sites (tertiary alicyclic amines) is 1. The van der Waals surface area contributed by atoms with E-state index >= 15 is 0 Å². The largest absolute Gasteiger partial charge is 0.497 e. The minimum absolute atomic E-state index is 0.561. The molecular weight excluding hydrogens is 304 g/mol. The summed E-state index contributed by atoms with van der Waals surface area (Å²) < 4.78 is 5.17. The van der Waals surface area contributed by atoms with Gasteiger partial charge in [0.05, 0.1) is 7.11 Å². The summed E-state index contributed by atoms with van der Waals surface area (Å²) in [6, 6.07) is 16.7. The van der Waals surface area contributed by atoms with Crippen LogP contribution in [0, 0.1) is 6.92 Å². The Morgan fingerprint density at radius 2 is 1.83 bits per heavy atom. The Morgan fingerprint density at radius 1 is 1.13 bits per heavy atom. The minimum Gasteiger partial charge on any atom is -0.497 e. The summed E-state index contributed by atoms with van der Waals surface area (Å²) in [5.74, 6) is 1.41. The molecule has 2 aromatic carbocycles. The molecule has 1 fully saturated rings. The molecule has 1 saturated heterocycles. The van der Waals surface area contributed by atoms with Crippen molar-refractivity contribution in [2.75, 3.05) is 25.5 Å². The molecule has 4 heteroatoms. The van der Waals surface area contributed by atoms with E-state index in [1.807, 2.05) is 24.3 Å². The van der Waals surface area contributed by atoms with Crippen LogP contribution in [0.4, 0.5) is 5.69 Å². The lowest BCUT2D eigenvalue weighted by Gasteiger charge is -2.21. The molecule has 2 aromatic rings. The maximum atomic E-state index is 5.56. The first-order valence-corrected chi connectivity index (χ1v) is 8.33. The van der Waals surface area contributed by atoms with Gasteiger partial charge in [0.2, 0.25) is 0 Å². The molecule has 0 spiro atoms. The molecule has 1 heterocycles. The lowest BCUT2D eigenvalue weighted by molar-refractivity contribution is 0.415. The fraction of sp³-hybridized carbons (Fsp3) is 0.316. The van der Waals surface area contributed by atoms with Crippen LogP contribution < -0.4 is 10.1 Å². The Bertz CT molecular complexity index is 667. The zero-order valence-electron chi connectivity index (χ0n) is 13.6. The summed E-state index contributed by atoms with van der Waals surface area (Å²) in [6.07, 6.45) is 1.15. The van der Waals surface area contributed by atoms with Crippen molar-refractivity contribution in [3.05, 3.63) is 59.7 Å². The lowest BCUT2D eigenvalue weighted by atomic mass is 9.98. The Hall–Kier alpha value is -2.07. The summed E-state index contributed by atoms with van der Waals surface area (Å²) >= 11 is 5.56. The molecule has 3 nitrogen and oxygen atoms in total. The number of benzene rings is 2. The first kappa shape index (κ1) is 15.8. The molecule has 0 amide bonds. The van der Waals surface area contributed by atoms with E-state index in [2.05, 4.69) is 41.4 Å². The summed E-state index contributed by atoms with van der Waals surface area (Å²) in [7, 11) is 1.67. The quantitative estimate of drug-likeness (QED) is 0.855. The van der Waals surface area contributed by atoms with Gasteiger partial charge in [-0.15, -0.1) is 0 Å². The standard InChI is InChI=1S/C19H22N2OS/c1-14-3-5-15(6-4-14)16-11-12-21(13-16)19(23)20-17-7-9-18(22-2)10-8-17/h3-10,16H,11-13H2,1-2H3,(H,20,23)/t16-/m0/s1. The Labute approximate surface area is 143 Å². The molecule has 0 radical (unpaired) electrons. The van der Waals surface area contributed by atoms with Crippen molar-refractivity contribution < 1.29 is 4.74 Å². The van der Waals surface area contributed by atoms with Gasteiger partial charge >= 0.3 is 0 Å². The van der Waals surface area contributed by atoms with Gasteiger partial charge in [-0.25, -0.2) is 0 Å². The summed E-state index contributed by atoms with van der Waals surface area (Å²) in [4.78, 5) is 2.25. The van der Waals surface area contributed by atoms with Crippen molar-refractivity contribution >= 4 is 23.0 Å².